The molecule has 0 amide bonds. The van der Waals surface area contributed by atoms with E-state index in [0.29, 0.717) is 45.2 Å². The van der Waals surface area contributed by atoms with E-state index in [1.165, 1.54) is 21.4 Å². The maximum atomic E-state index is 14.3. The van der Waals surface area contributed by atoms with Gasteiger partial charge in [0.2, 0.25) is 5.52 Å². The number of benzene rings is 3. The Hall–Kier alpha value is -3.09. The minimum absolute atomic E-state index is 0.0193. The average molecular weight is 762 g/mol. The number of halogens is 1. The zero-order valence-corrected chi connectivity index (χ0v) is 31.4. The fourth-order valence-corrected chi connectivity index (χ4v) is 9.00. The van der Waals surface area contributed by atoms with Gasteiger partial charge in [-0.25, -0.2) is 0 Å². The van der Waals surface area contributed by atoms with Gasteiger partial charge in [-0.15, -0.1) is 11.8 Å². The highest BCUT2D eigenvalue weighted by Gasteiger charge is 2.42. The number of allylic oxidation sites excluding steroid dienone is 4. The van der Waals surface area contributed by atoms with Crippen LogP contribution in [0.1, 0.15) is 35.5 Å². The topological polar surface area (TPSA) is 88.9 Å². The summed E-state index contributed by atoms with van der Waals surface area (Å²) < 4.78 is 15.9. The molecule has 49 heavy (non-hydrogen) atoms. The molecule has 1 aliphatic heterocycles. The summed E-state index contributed by atoms with van der Waals surface area (Å²) in [5, 5.41) is 10.3. The van der Waals surface area contributed by atoms with Crippen LogP contribution in [0.3, 0.4) is 0 Å². The van der Waals surface area contributed by atoms with Gasteiger partial charge in [-0.2, -0.15) is 4.57 Å². The molecule has 0 saturated carbocycles. The summed E-state index contributed by atoms with van der Waals surface area (Å²) in [5.41, 5.74) is 13.7. The lowest BCUT2D eigenvalue weighted by Crippen LogP contribution is -2.36. The van der Waals surface area contributed by atoms with Crippen LogP contribution in [-0.4, -0.2) is 62.8 Å². The number of hydrogen-bond donors (Lipinski definition) is 2. The monoisotopic (exact) mass is 760 g/mol. The number of nitrogens with zero attached hydrogens (tertiary/aromatic N) is 2. The SMILES string of the molecule is Cc1ccc2c(c1)sc(/C=C1\C(=O)C(/C=C3/N(CCOCCO)c4ccc(Br)cc4C3(C)C)=C1SCCOCCN)[n+]2Cc1ccccc1. The summed E-state index contributed by atoms with van der Waals surface area (Å²) in [6.45, 7) is 10.1. The van der Waals surface area contributed by atoms with Crippen LogP contribution in [0, 0.1) is 6.92 Å². The number of thioether (sulfide) groups is 1. The minimum atomic E-state index is -0.356. The number of thiazole rings is 1. The second-order valence-corrected chi connectivity index (χ2v) is 15.7. The lowest BCUT2D eigenvalue weighted by Gasteiger charge is -2.30. The van der Waals surface area contributed by atoms with E-state index in [0.717, 1.165) is 42.4 Å². The Kier molecular flexibility index (Phi) is 11.6. The van der Waals surface area contributed by atoms with Gasteiger partial charge in [0, 0.05) is 73.9 Å². The number of ether oxygens (including phenoxy) is 2. The van der Waals surface area contributed by atoms with Gasteiger partial charge in [0.25, 0.3) is 5.01 Å². The van der Waals surface area contributed by atoms with Crippen molar-refractivity contribution in [3.8, 4) is 0 Å². The number of nitrogens with two attached hydrogens (primary N) is 1. The lowest BCUT2D eigenvalue weighted by molar-refractivity contribution is -0.659. The van der Waals surface area contributed by atoms with Gasteiger partial charge in [-0.05, 0) is 48.4 Å². The molecule has 3 aromatic carbocycles. The highest BCUT2D eigenvalue weighted by Crippen LogP contribution is 2.50. The number of hydrogen-bond acceptors (Lipinski definition) is 8. The predicted octanol–water partition coefficient (Wildman–Crippen LogP) is 6.93. The van der Waals surface area contributed by atoms with Crippen LogP contribution in [-0.2, 0) is 26.2 Å². The normalized spacial score (nSPS) is 17.1. The maximum absolute atomic E-state index is 14.3. The van der Waals surface area contributed by atoms with E-state index in [1.807, 2.05) is 12.1 Å². The quantitative estimate of drug-likeness (QED) is 0.0773. The van der Waals surface area contributed by atoms with Crippen molar-refractivity contribution in [2.75, 3.05) is 56.8 Å². The number of fused-ring (bicyclic) bond motifs is 2. The van der Waals surface area contributed by atoms with Gasteiger partial charge in [0.1, 0.15) is 4.70 Å². The summed E-state index contributed by atoms with van der Waals surface area (Å²) in [7, 11) is 0. The smallest absolute Gasteiger partial charge is 0.263 e. The summed E-state index contributed by atoms with van der Waals surface area (Å²) in [5.74, 6) is 0.750. The lowest BCUT2D eigenvalue weighted by atomic mass is 9.81. The van der Waals surface area contributed by atoms with E-state index in [4.69, 9.17) is 15.2 Å². The third-order valence-corrected chi connectivity index (χ3v) is 11.6. The molecule has 0 atom stereocenters. The molecule has 256 valence electrons. The average Bonchev–Trinajstić information content (AvgIpc) is 3.52. The third-order valence-electron chi connectivity index (χ3n) is 8.88. The number of aliphatic hydroxyl groups is 1. The van der Waals surface area contributed by atoms with Gasteiger partial charge in [-0.3, -0.25) is 4.79 Å². The largest absolute Gasteiger partial charge is 0.394 e. The molecule has 2 heterocycles. The Labute approximate surface area is 305 Å². The first-order valence-corrected chi connectivity index (χ1v) is 19.2. The van der Waals surface area contributed by atoms with Crippen LogP contribution in [0.2, 0.25) is 0 Å². The third kappa shape index (κ3) is 7.66. The molecular formula is C39H43BrN3O4S2+. The summed E-state index contributed by atoms with van der Waals surface area (Å²) >= 11 is 7.05. The summed E-state index contributed by atoms with van der Waals surface area (Å²) in [6.07, 6.45) is 4.18. The molecule has 7 nitrogen and oxygen atoms in total. The molecule has 4 aromatic rings. The number of rotatable bonds is 15. The first kappa shape index (κ1) is 35.7. The number of aliphatic hydroxyl groups excluding tert-OH is 1. The Morgan fingerprint density at radius 2 is 1.82 bits per heavy atom. The first-order chi connectivity index (χ1) is 23.7. The molecule has 6 rings (SSSR count). The van der Waals surface area contributed by atoms with Crippen molar-refractivity contribution < 1.29 is 23.9 Å². The number of aryl methyl sites for hydroxylation is 1. The van der Waals surface area contributed by atoms with Gasteiger partial charge in [0.15, 0.2) is 12.3 Å². The van der Waals surface area contributed by atoms with Crippen LogP contribution in [0.5, 0.6) is 0 Å². The van der Waals surface area contributed by atoms with E-state index in [-0.39, 0.29) is 24.4 Å². The van der Waals surface area contributed by atoms with E-state index >= 15 is 0 Å². The molecule has 0 bridgehead atoms. The fourth-order valence-electron chi connectivity index (χ4n) is 6.42. The Bertz CT molecular complexity index is 1930. The molecule has 3 N–H and O–H groups in total. The van der Waals surface area contributed by atoms with Crippen LogP contribution in [0.4, 0.5) is 5.69 Å². The maximum Gasteiger partial charge on any atom is 0.263 e. The highest BCUT2D eigenvalue weighted by molar-refractivity contribution is 9.10. The summed E-state index contributed by atoms with van der Waals surface area (Å²) in [4.78, 5) is 17.5. The molecule has 0 radical (unpaired) electrons. The Balaban J connectivity index is 1.43. The molecule has 1 aromatic heterocycles. The molecule has 0 spiro atoms. The van der Waals surface area contributed by atoms with Crippen molar-refractivity contribution in [3.63, 3.8) is 0 Å². The number of Topliss-reactive ketones (excluding diaryl/α,β-unsaturated/α-hetero) is 1. The van der Waals surface area contributed by atoms with Crippen molar-refractivity contribution in [2.45, 2.75) is 32.7 Å². The van der Waals surface area contributed by atoms with E-state index in [2.05, 4.69) is 113 Å². The number of ketones is 1. The van der Waals surface area contributed by atoms with Crippen molar-refractivity contribution in [1.29, 1.82) is 0 Å². The van der Waals surface area contributed by atoms with Gasteiger partial charge < -0.3 is 25.2 Å². The van der Waals surface area contributed by atoms with Crippen LogP contribution >= 0.6 is 39.0 Å². The molecule has 1 aliphatic carbocycles. The molecule has 0 fully saturated rings. The standard InChI is InChI=1S/C39H43BrN3O4S2/c1-26-9-11-33-34(21-26)49-36(43(33)25-27-7-5-4-6-8-27)24-30-37(45)29(38(30)48-20-19-46-16-13-41)23-35-39(2,3)31-22-28(40)10-12-32(31)42(35)14-17-47-18-15-44/h4-12,21-24,44H,13-20,25,41H2,1-3H3/q+1. The van der Waals surface area contributed by atoms with Crippen LogP contribution in [0.25, 0.3) is 16.3 Å². The van der Waals surface area contributed by atoms with Crippen molar-refractivity contribution in [1.82, 2.24) is 0 Å². The fraction of sp³-hybridized carbons (Fsp3) is 0.333. The predicted molar refractivity (Wildman–Crippen MR) is 205 cm³/mol. The second kappa shape index (κ2) is 15.9. The van der Waals surface area contributed by atoms with E-state index in [9.17, 15) is 9.90 Å². The van der Waals surface area contributed by atoms with Crippen molar-refractivity contribution >= 4 is 66.8 Å². The van der Waals surface area contributed by atoms with E-state index in [1.54, 1.807) is 23.1 Å². The number of carbonyl (C=O) groups excluding carboxylic acids is 1. The van der Waals surface area contributed by atoms with Crippen LogP contribution < -0.4 is 15.2 Å². The highest BCUT2D eigenvalue weighted by atomic mass is 79.9. The zero-order chi connectivity index (χ0) is 34.5. The number of anilines is 1. The first-order valence-electron chi connectivity index (χ1n) is 16.6. The molecule has 0 saturated heterocycles. The second-order valence-electron chi connectivity index (χ2n) is 12.7. The van der Waals surface area contributed by atoms with Gasteiger partial charge in [-0.1, -0.05) is 77.5 Å². The summed E-state index contributed by atoms with van der Waals surface area (Å²) in [6, 6.07) is 23.3. The van der Waals surface area contributed by atoms with Gasteiger partial charge in [0.05, 0.1) is 33.0 Å². The number of carbonyl (C=O) groups is 1. The molecule has 10 heteroatoms. The van der Waals surface area contributed by atoms with Crippen molar-refractivity contribution in [2.24, 2.45) is 5.73 Å². The zero-order valence-electron chi connectivity index (χ0n) is 28.2. The number of aromatic nitrogens is 1. The van der Waals surface area contributed by atoms with Crippen LogP contribution in [0.15, 0.2) is 99.0 Å². The van der Waals surface area contributed by atoms with E-state index < -0.39 is 0 Å². The van der Waals surface area contributed by atoms with Gasteiger partial charge >= 0.3 is 0 Å². The minimum Gasteiger partial charge on any atom is -0.394 e. The molecule has 2 aliphatic rings. The molecular weight excluding hydrogens is 718 g/mol. The van der Waals surface area contributed by atoms with Crippen molar-refractivity contribution in [3.05, 3.63) is 121 Å². The Morgan fingerprint density at radius 3 is 2.59 bits per heavy atom. The molecule has 0 unspecified atom stereocenters. The Morgan fingerprint density at radius 1 is 1.02 bits per heavy atom.